The van der Waals surface area contributed by atoms with Crippen LogP contribution in [0.1, 0.15) is 32.1 Å². The number of ether oxygens (including phenoxy) is 1. The van der Waals surface area contributed by atoms with Crippen molar-refractivity contribution < 1.29 is 9.84 Å². The molecule has 0 saturated heterocycles. The summed E-state index contributed by atoms with van der Waals surface area (Å²) < 4.78 is 5.38. The van der Waals surface area contributed by atoms with Gasteiger partial charge in [0.2, 0.25) is 0 Å². The summed E-state index contributed by atoms with van der Waals surface area (Å²) in [6, 6.07) is 0. The molecule has 1 saturated carbocycles. The van der Waals surface area contributed by atoms with E-state index in [1.165, 1.54) is 19.3 Å². The molecule has 1 aliphatic carbocycles. The lowest BCUT2D eigenvalue weighted by Gasteiger charge is -2.01. The molecule has 1 fully saturated rings. The van der Waals surface area contributed by atoms with E-state index in [2.05, 4.69) is 0 Å². The quantitative estimate of drug-likeness (QED) is 0.570. The summed E-state index contributed by atoms with van der Waals surface area (Å²) in [6.45, 7) is 2.05. The first-order chi connectivity index (χ1) is 5.43. The third-order valence-electron chi connectivity index (χ3n) is 2.06. The molecule has 1 rings (SSSR count). The second-order valence-electron chi connectivity index (χ2n) is 3.28. The smallest absolute Gasteiger partial charge is 0.0468 e. The van der Waals surface area contributed by atoms with Crippen LogP contribution in [0.15, 0.2) is 0 Å². The van der Waals surface area contributed by atoms with E-state index in [0.29, 0.717) is 6.61 Å². The van der Waals surface area contributed by atoms with Crippen molar-refractivity contribution in [2.45, 2.75) is 32.1 Å². The Hall–Kier alpha value is -0.0800. The first-order valence-electron chi connectivity index (χ1n) is 4.62. The topological polar surface area (TPSA) is 29.5 Å². The maximum absolute atomic E-state index is 8.47. The van der Waals surface area contributed by atoms with Crippen LogP contribution in [0.3, 0.4) is 0 Å². The highest BCUT2D eigenvalue weighted by Gasteiger charge is 2.20. The van der Waals surface area contributed by atoms with Gasteiger partial charge in [-0.3, -0.25) is 0 Å². The van der Waals surface area contributed by atoms with E-state index in [1.807, 2.05) is 0 Å². The lowest BCUT2D eigenvalue weighted by atomic mass is 10.3. The van der Waals surface area contributed by atoms with Gasteiger partial charge in [0.15, 0.2) is 0 Å². The summed E-state index contributed by atoms with van der Waals surface area (Å²) in [6.07, 6.45) is 5.96. The predicted octanol–water partition coefficient (Wildman–Crippen LogP) is 1.58. The zero-order chi connectivity index (χ0) is 7.94. The molecule has 0 heterocycles. The van der Waals surface area contributed by atoms with Gasteiger partial charge in [0, 0.05) is 19.8 Å². The molecule has 0 atom stereocenters. The molecule has 2 nitrogen and oxygen atoms in total. The minimum atomic E-state index is 0.298. The van der Waals surface area contributed by atoms with Crippen molar-refractivity contribution in [1.29, 1.82) is 0 Å². The van der Waals surface area contributed by atoms with E-state index < -0.39 is 0 Å². The van der Waals surface area contributed by atoms with Crippen molar-refractivity contribution in [3.8, 4) is 0 Å². The van der Waals surface area contributed by atoms with E-state index in [9.17, 15) is 0 Å². The fourth-order valence-electron chi connectivity index (χ4n) is 1.07. The summed E-state index contributed by atoms with van der Waals surface area (Å²) in [5, 5.41) is 8.47. The standard InChI is InChI=1S/C9H18O2/c10-6-1-2-7-11-8-5-9-3-4-9/h9-10H,1-8H2. The Morgan fingerprint density at radius 2 is 2.00 bits per heavy atom. The second kappa shape index (κ2) is 5.56. The maximum Gasteiger partial charge on any atom is 0.0468 e. The number of hydrogen-bond donors (Lipinski definition) is 1. The highest BCUT2D eigenvalue weighted by atomic mass is 16.5. The van der Waals surface area contributed by atoms with Gasteiger partial charge in [-0.1, -0.05) is 12.8 Å². The van der Waals surface area contributed by atoms with Crippen LogP contribution in [0.2, 0.25) is 0 Å². The van der Waals surface area contributed by atoms with Gasteiger partial charge in [0.25, 0.3) is 0 Å². The van der Waals surface area contributed by atoms with Crippen LogP contribution < -0.4 is 0 Å². The maximum atomic E-state index is 8.47. The molecule has 1 N–H and O–H groups in total. The fourth-order valence-corrected chi connectivity index (χ4v) is 1.07. The molecule has 0 aromatic carbocycles. The Morgan fingerprint density at radius 1 is 1.18 bits per heavy atom. The van der Waals surface area contributed by atoms with E-state index in [4.69, 9.17) is 9.84 Å². The van der Waals surface area contributed by atoms with Gasteiger partial charge >= 0.3 is 0 Å². The highest BCUT2D eigenvalue weighted by Crippen LogP contribution is 2.31. The minimum absolute atomic E-state index is 0.298. The van der Waals surface area contributed by atoms with Crippen molar-refractivity contribution >= 4 is 0 Å². The third kappa shape index (κ3) is 5.22. The zero-order valence-electron chi connectivity index (χ0n) is 7.09. The Bertz CT molecular complexity index is 89.6. The normalized spacial score (nSPS) is 17.2. The number of aliphatic hydroxyl groups excluding tert-OH is 1. The van der Waals surface area contributed by atoms with Crippen LogP contribution in [-0.2, 0) is 4.74 Å². The predicted molar refractivity (Wildman–Crippen MR) is 44.5 cm³/mol. The van der Waals surface area contributed by atoms with E-state index in [-0.39, 0.29) is 0 Å². The Kier molecular flexibility index (Phi) is 4.55. The fraction of sp³-hybridized carbons (Fsp3) is 1.00. The number of unbranched alkanes of at least 4 members (excludes halogenated alkanes) is 1. The average Bonchev–Trinajstić information content (AvgIpc) is 2.80. The molecular weight excluding hydrogens is 140 g/mol. The van der Waals surface area contributed by atoms with Crippen LogP contribution in [0, 0.1) is 5.92 Å². The highest BCUT2D eigenvalue weighted by molar-refractivity contribution is 4.72. The summed E-state index contributed by atoms with van der Waals surface area (Å²) >= 11 is 0. The van der Waals surface area contributed by atoms with E-state index in [0.717, 1.165) is 32.0 Å². The van der Waals surface area contributed by atoms with Crippen LogP contribution in [-0.4, -0.2) is 24.9 Å². The Morgan fingerprint density at radius 3 is 2.64 bits per heavy atom. The SMILES string of the molecule is OCCCCOCCC1CC1. The summed E-state index contributed by atoms with van der Waals surface area (Å²) in [4.78, 5) is 0. The van der Waals surface area contributed by atoms with Gasteiger partial charge in [-0.2, -0.15) is 0 Å². The summed E-state index contributed by atoms with van der Waals surface area (Å²) in [7, 11) is 0. The molecule has 0 unspecified atom stereocenters. The van der Waals surface area contributed by atoms with Crippen LogP contribution in [0.4, 0.5) is 0 Å². The van der Waals surface area contributed by atoms with Gasteiger partial charge in [-0.05, 0) is 25.2 Å². The summed E-state index contributed by atoms with van der Waals surface area (Å²) in [5.41, 5.74) is 0. The van der Waals surface area contributed by atoms with Gasteiger partial charge in [0.05, 0.1) is 0 Å². The average molecular weight is 158 g/mol. The summed E-state index contributed by atoms with van der Waals surface area (Å²) in [5.74, 6) is 0.979. The van der Waals surface area contributed by atoms with Crippen molar-refractivity contribution in [3.05, 3.63) is 0 Å². The molecule has 0 aromatic heterocycles. The number of rotatable bonds is 7. The van der Waals surface area contributed by atoms with Crippen molar-refractivity contribution in [3.63, 3.8) is 0 Å². The number of aliphatic hydroxyl groups is 1. The molecule has 0 radical (unpaired) electrons. The van der Waals surface area contributed by atoms with Crippen LogP contribution in [0.5, 0.6) is 0 Å². The van der Waals surface area contributed by atoms with Crippen molar-refractivity contribution in [1.82, 2.24) is 0 Å². The second-order valence-corrected chi connectivity index (χ2v) is 3.28. The molecular formula is C9H18O2. The van der Waals surface area contributed by atoms with Gasteiger partial charge in [0.1, 0.15) is 0 Å². The van der Waals surface area contributed by atoms with E-state index >= 15 is 0 Å². The largest absolute Gasteiger partial charge is 0.396 e. The third-order valence-corrected chi connectivity index (χ3v) is 2.06. The van der Waals surface area contributed by atoms with Gasteiger partial charge < -0.3 is 9.84 Å². The lowest BCUT2D eigenvalue weighted by Crippen LogP contribution is -1.98. The minimum Gasteiger partial charge on any atom is -0.396 e. The molecule has 0 amide bonds. The van der Waals surface area contributed by atoms with Crippen LogP contribution >= 0.6 is 0 Å². The molecule has 0 bridgehead atoms. The monoisotopic (exact) mass is 158 g/mol. The molecule has 1 aliphatic rings. The number of hydrogen-bond acceptors (Lipinski definition) is 2. The molecule has 11 heavy (non-hydrogen) atoms. The first kappa shape index (κ1) is 9.01. The molecule has 2 heteroatoms. The molecule has 0 aromatic rings. The van der Waals surface area contributed by atoms with Gasteiger partial charge in [-0.15, -0.1) is 0 Å². The molecule has 0 spiro atoms. The molecule has 66 valence electrons. The van der Waals surface area contributed by atoms with Crippen molar-refractivity contribution in [2.75, 3.05) is 19.8 Å². The zero-order valence-corrected chi connectivity index (χ0v) is 7.09. The molecule has 0 aliphatic heterocycles. The van der Waals surface area contributed by atoms with E-state index in [1.54, 1.807) is 0 Å². The Balaban J connectivity index is 1.66. The first-order valence-corrected chi connectivity index (χ1v) is 4.62. The Labute approximate surface area is 68.6 Å². The van der Waals surface area contributed by atoms with Crippen molar-refractivity contribution in [2.24, 2.45) is 5.92 Å². The van der Waals surface area contributed by atoms with Gasteiger partial charge in [-0.25, -0.2) is 0 Å². The van der Waals surface area contributed by atoms with Crippen LogP contribution in [0.25, 0.3) is 0 Å². The lowest BCUT2D eigenvalue weighted by molar-refractivity contribution is 0.120.